The second-order valence-electron chi connectivity index (χ2n) is 6.02. The van der Waals surface area contributed by atoms with Crippen molar-refractivity contribution in [1.29, 1.82) is 0 Å². The Morgan fingerprint density at radius 2 is 2.00 bits per heavy atom. The van der Waals surface area contributed by atoms with E-state index in [1.807, 2.05) is 0 Å². The van der Waals surface area contributed by atoms with Gasteiger partial charge < -0.3 is 15.4 Å². The number of amides is 2. The maximum Gasteiger partial charge on any atom is 0.416 e. The zero-order valence-corrected chi connectivity index (χ0v) is 15.2. The van der Waals surface area contributed by atoms with Crippen LogP contribution in [0.3, 0.4) is 0 Å². The zero-order valence-electron chi connectivity index (χ0n) is 14.4. The van der Waals surface area contributed by atoms with Crippen molar-refractivity contribution in [3.05, 3.63) is 58.6 Å². The molecule has 0 aromatic heterocycles. The monoisotopic (exact) mass is 410 g/mol. The molecule has 2 N–H and O–H groups in total. The number of nitrogens with one attached hydrogen (secondary N) is 2. The van der Waals surface area contributed by atoms with Crippen molar-refractivity contribution in [2.75, 3.05) is 10.6 Å². The summed E-state index contributed by atoms with van der Waals surface area (Å²) in [5, 5.41) is 5.29. The first-order valence-electron chi connectivity index (χ1n) is 8.11. The molecule has 0 unspecified atom stereocenters. The lowest BCUT2D eigenvalue weighted by Crippen LogP contribution is -2.34. The number of anilines is 2. The van der Waals surface area contributed by atoms with Crippen LogP contribution in [0.25, 0.3) is 6.08 Å². The van der Waals surface area contributed by atoms with Crippen LogP contribution in [0.1, 0.15) is 18.1 Å². The fourth-order valence-electron chi connectivity index (χ4n) is 2.48. The number of ether oxygens (including phenoxy) is 1. The average molecular weight is 411 g/mol. The van der Waals surface area contributed by atoms with Gasteiger partial charge in [0.15, 0.2) is 6.10 Å². The molecule has 3 rings (SSSR count). The highest BCUT2D eigenvalue weighted by atomic mass is 35.5. The van der Waals surface area contributed by atoms with Crippen molar-refractivity contribution in [3.63, 3.8) is 0 Å². The quantitative estimate of drug-likeness (QED) is 0.719. The summed E-state index contributed by atoms with van der Waals surface area (Å²) in [6.07, 6.45) is -2.87. The van der Waals surface area contributed by atoms with Gasteiger partial charge in [0.05, 0.1) is 11.3 Å². The standard InChI is InChI=1S/C19H14ClF3N2O3/c1-10-18(27)25-15-9-13(4-6-16(15)28-10)24-17(26)7-2-11-8-12(19(21,22)23)3-5-14(11)20/h2-10H,1H3,(H,24,26)(H,25,27)/b7-2+/t10-/m0/s1. The minimum atomic E-state index is -4.51. The number of hydrogen-bond donors (Lipinski definition) is 2. The van der Waals surface area contributed by atoms with Crippen LogP contribution in [0, 0.1) is 0 Å². The van der Waals surface area contributed by atoms with E-state index in [4.69, 9.17) is 16.3 Å². The number of fused-ring (bicyclic) bond motifs is 1. The lowest BCUT2D eigenvalue weighted by molar-refractivity contribution is -0.137. The van der Waals surface area contributed by atoms with Crippen LogP contribution >= 0.6 is 11.6 Å². The molecule has 2 aromatic rings. The van der Waals surface area contributed by atoms with Gasteiger partial charge in [0.25, 0.3) is 5.91 Å². The van der Waals surface area contributed by atoms with Crippen molar-refractivity contribution in [3.8, 4) is 5.75 Å². The van der Waals surface area contributed by atoms with Crippen LogP contribution in [0.15, 0.2) is 42.5 Å². The molecule has 0 saturated carbocycles. The van der Waals surface area contributed by atoms with Gasteiger partial charge in [-0.1, -0.05) is 11.6 Å². The first-order chi connectivity index (χ1) is 13.1. The Hall–Kier alpha value is -3.00. The normalized spacial score (nSPS) is 16.3. The molecular weight excluding hydrogens is 397 g/mol. The maximum absolute atomic E-state index is 12.8. The molecular formula is C19H14ClF3N2O3. The molecule has 1 atom stereocenters. The molecule has 5 nitrogen and oxygen atoms in total. The van der Waals surface area contributed by atoms with Gasteiger partial charge in [0, 0.05) is 16.8 Å². The third-order valence-electron chi connectivity index (χ3n) is 3.92. The molecule has 9 heteroatoms. The third kappa shape index (κ3) is 4.45. The molecule has 0 fully saturated rings. The molecule has 2 aromatic carbocycles. The highest BCUT2D eigenvalue weighted by Gasteiger charge is 2.30. The number of benzene rings is 2. The van der Waals surface area contributed by atoms with Crippen LogP contribution in [-0.2, 0) is 15.8 Å². The predicted molar refractivity (Wildman–Crippen MR) is 99.3 cm³/mol. The highest BCUT2D eigenvalue weighted by Crippen LogP contribution is 2.33. The summed E-state index contributed by atoms with van der Waals surface area (Å²) in [5.41, 5.74) is -0.0175. The molecule has 0 bridgehead atoms. The van der Waals surface area contributed by atoms with Gasteiger partial charge in [-0.3, -0.25) is 9.59 Å². The van der Waals surface area contributed by atoms with Gasteiger partial charge in [0.2, 0.25) is 5.91 Å². The maximum atomic E-state index is 12.8. The summed E-state index contributed by atoms with van der Waals surface area (Å²) < 4.78 is 43.8. The van der Waals surface area contributed by atoms with E-state index in [2.05, 4.69) is 10.6 Å². The fourth-order valence-corrected chi connectivity index (χ4v) is 2.66. The molecule has 2 amide bonds. The number of alkyl halides is 3. The summed E-state index contributed by atoms with van der Waals surface area (Å²) in [6.45, 7) is 1.61. The Bertz CT molecular complexity index is 973. The Morgan fingerprint density at radius 3 is 2.71 bits per heavy atom. The van der Waals surface area contributed by atoms with Gasteiger partial charge in [0.1, 0.15) is 5.75 Å². The fraction of sp³-hybridized carbons (Fsp3) is 0.158. The molecule has 1 aliphatic rings. The average Bonchev–Trinajstić information content (AvgIpc) is 2.61. The molecule has 0 spiro atoms. The smallest absolute Gasteiger partial charge is 0.416 e. The Labute approximate surface area is 163 Å². The number of carbonyl (C=O) groups excluding carboxylic acids is 2. The van der Waals surface area contributed by atoms with Crippen molar-refractivity contribution in [2.24, 2.45) is 0 Å². The molecule has 1 aliphatic heterocycles. The number of carbonyl (C=O) groups is 2. The summed E-state index contributed by atoms with van der Waals surface area (Å²) in [4.78, 5) is 23.7. The SMILES string of the molecule is C[C@@H]1Oc2ccc(NC(=O)/C=C/c3cc(C(F)(F)F)ccc3Cl)cc2NC1=O. The third-order valence-corrected chi connectivity index (χ3v) is 4.26. The second-order valence-corrected chi connectivity index (χ2v) is 6.42. The van der Waals surface area contributed by atoms with Gasteiger partial charge in [-0.05, 0) is 55.0 Å². The summed E-state index contributed by atoms with van der Waals surface area (Å²) in [5.74, 6) is -0.420. The van der Waals surface area contributed by atoms with E-state index in [1.54, 1.807) is 19.1 Å². The molecule has 1 heterocycles. The lowest BCUT2D eigenvalue weighted by atomic mass is 10.1. The van der Waals surface area contributed by atoms with Crippen molar-refractivity contribution in [2.45, 2.75) is 19.2 Å². The predicted octanol–water partition coefficient (Wildman–Crippen LogP) is 4.73. The number of hydrogen-bond acceptors (Lipinski definition) is 3. The summed E-state index contributed by atoms with van der Waals surface area (Å²) >= 11 is 5.89. The first-order valence-corrected chi connectivity index (χ1v) is 8.48. The van der Waals surface area contributed by atoms with E-state index in [-0.39, 0.29) is 16.5 Å². The number of rotatable bonds is 3. The van der Waals surface area contributed by atoms with Crippen LogP contribution in [0.4, 0.5) is 24.5 Å². The summed E-state index contributed by atoms with van der Waals surface area (Å²) in [7, 11) is 0. The van der Waals surface area contributed by atoms with Crippen molar-refractivity contribution >= 4 is 40.9 Å². The van der Waals surface area contributed by atoms with E-state index in [0.29, 0.717) is 17.1 Å². The van der Waals surface area contributed by atoms with E-state index in [9.17, 15) is 22.8 Å². The minimum Gasteiger partial charge on any atom is -0.479 e. The molecule has 0 radical (unpaired) electrons. The highest BCUT2D eigenvalue weighted by molar-refractivity contribution is 6.32. The molecule has 28 heavy (non-hydrogen) atoms. The van der Waals surface area contributed by atoms with Crippen LogP contribution in [0.5, 0.6) is 5.75 Å². The minimum absolute atomic E-state index is 0.0618. The van der Waals surface area contributed by atoms with Gasteiger partial charge >= 0.3 is 6.18 Å². The molecule has 0 aliphatic carbocycles. The summed E-state index contributed by atoms with van der Waals surface area (Å²) in [6, 6.07) is 7.53. The van der Waals surface area contributed by atoms with Crippen LogP contribution in [-0.4, -0.2) is 17.9 Å². The number of halogens is 4. The first kappa shape index (κ1) is 19.8. The Morgan fingerprint density at radius 1 is 1.25 bits per heavy atom. The Balaban J connectivity index is 1.73. The second kappa shape index (κ2) is 7.55. The Kier molecular flexibility index (Phi) is 5.33. The topological polar surface area (TPSA) is 67.4 Å². The molecule has 0 saturated heterocycles. The van der Waals surface area contributed by atoms with E-state index >= 15 is 0 Å². The molecule has 146 valence electrons. The van der Waals surface area contributed by atoms with Crippen LogP contribution in [0.2, 0.25) is 5.02 Å². The van der Waals surface area contributed by atoms with E-state index in [1.165, 1.54) is 12.1 Å². The van der Waals surface area contributed by atoms with E-state index < -0.39 is 23.8 Å². The van der Waals surface area contributed by atoms with Gasteiger partial charge in [-0.2, -0.15) is 13.2 Å². The van der Waals surface area contributed by atoms with Crippen molar-refractivity contribution in [1.82, 2.24) is 0 Å². The largest absolute Gasteiger partial charge is 0.479 e. The van der Waals surface area contributed by atoms with E-state index in [0.717, 1.165) is 24.3 Å². The van der Waals surface area contributed by atoms with Gasteiger partial charge in [-0.25, -0.2) is 0 Å². The van der Waals surface area contributed by atoms with Crippen LogP contribution < -0.4 is 15.4 Å². The van der Waals surface area contributed by atoms with Crippen molar-refractivity contribution < 1.29 is 27.5 Å². The zero-order chi connectivity index (χ0) is 20.5. The lowest BCUT2D eigenvalue weighted by Gasteiger charge is -2.23. The van der Waals surface area contributed by atoms with Gasteiger partial charge in [-0.15, -0.1) is 0 Å².